The van der Waals surface area contributed by atoms with E-state index in [2.05, 4.69) is 14.9 Å². The number of aromatic nitrogens is 3. The molecule has 2 aromatic carbocycles. The van der Waals surface area contributed by atoms with Gasteiger partial charge in [0.25, 0.3) is 0 Å². The van der Waals surface area contributed by atoms with Gasteiger partial charge in [0.2, 0.25) is 5.88 Å². The van der Waals surface area contributed by atoms with Gasteiger partial charge in [-0.3, -0.25) is 4.90 Å². The maximum Gasteiger partial charge on any atom is 0.319 e. The quantitative estimate of drug-likeness (QED) is 0.243. The highest BCUT2D eigenvalue weighted by molar-refractivity contribution is 6.02. The van der Waals surface area contributed by atoms with Crippen molar-refractivity contribution in [3.8, 4) is 28.9 Å². The molecule has 2 aromatic heterocycles. The fourth-order valence-corrected chi connectivity index (χ4v) is 8.96. The van der Waals surface area contributed by atoms with E-state index < -0.39 is 17.2 Å². The van der Waals surface area contributed by atoms with Crippen molar-refractivity contribution in [1.82, 2.24) is 19.9 Å². The maximum absolute atomic E-state index is 17.1. The Hall–Kier alpha value is -3.91. The third-order valence-corrected chi connectivity index (χ3v) is 11.2. The second kappa shape index (κ2) is 13.6. The molecule has 1 saturated carbocycles. The monoisotopic (exact) mass is 705 g/mol. The summed E-state index contributed by atoms with van der Waals surface area (Å²) in [4.78, 5) is 18.5. The van der Waals surface area contributed by atoms with Crippen LogP contribution < -0.4 is 14.4 Å². The number of aromatic hydroxyl groups is 1. The van der Waals surface area contributed by atoms with Crippen molar-refractivity contribution < 1.29 is 37.9 Å². The molecule has 4 atom stereocenters. The molecule has 0 radical (unpaired) electrons. The van der Waals surface area contributed by atoms with Crippen LogP contribution in [0, 0.1) is 23.0 Å². The van der Waals surface area contributed by atoms with Gasteiger partial charge in [-0.1, -0.05) is 18.6 Å². The Morgan fingerprint density at radius 2 is 1.88 bits per heavy atom. The fraction of sp³-hybridized carbons (Fsp3) is 0.553. The molecular formula is C38H45F2N5O6. The number of ether oxygens (including phenoxy) is 4. The third-order valence-electron chi connectivity index (χ3n) is 11.2. The lowest BCUT2D eigenvalue weighted by molar-refractivity contribution is -0.0123. The number of hydrogen-bond donors (Lipinski definition) is 2. The number of pyridine rings is 1. The van der Waals surface area contributed by atoms with Gasteiger partial charge < -0.3 is 34.1 Å². The van der Waals surface area contributed by atoms with Gasteiger partial charge in [0.15, 0.2) is 5.82 Å². The van der Waals surface area contributed by atoms with Crippen LogP contribution in [-0.4, -0.2) is 108 Å². The first-order chi connectivity index (χ1) is 24.6. The zero-order chi connectivity index (χ0) is 35.3. The summed E-state index contributed by atoms with van der Waals surface area (Å²) in [6.45, 7) is 6.67. The molecule has 272 valence electrons. The Bertz CT molecular complexity index is 1940. The second-order valence-electron chi connectivity index (χ2n) is 15.0. The number of anilines is 1. The topological polar surface area (TPSA) is 123 Å². The molecule has 5 heterocycles. The lowest BCUT2D eigenvalue weighted by Crippen LogP contribution is -2.53. The van der Waals surface area contributed by atoms with E-state index in [0.717, 1.165) is 64.8 Å². The largest absolute Gasteiger partial charge is 0.508 e. The van der Waals surface area contributed by atoms with Crippen LogP contribution >= 0.6 is 0 Å². The van der Waals surface area contributed by atoms with E-state index in [1.165, 1.54) is 31.4 Å². The number of phenols is 1. The summed E-state index contributed by atoms with van der Waals surface area (Å²) in [5, 5.41) is 22.4. The summed E-state index contributed by atoms with van der Waals surface area (Å²) in [5.41, 5.74) is -1.62. The van der Waals surface area contributed by atoms with Crippen LogP contribution in [0.15, 0.2) is 30.3 Å². The average Bonchev–Trinajstić information content (AvgIpc) is 3.75. The summed E-state index contributed by atoms with van der Waals surface area (Å²) in [7, 11) is 1.41. The van der Waals surface area contributed by atoms with Gasteiger partial charge in [0.1, 0.15) is 39.6 Å². The Kier molecular flexibility index (Phi) is 9.10. The van der Waals surface area contributed by atoms with E-state index in [9.17, 15) is 10.2 Å². The van der Waals surface area contributed by atoms with Crippen LogP contribution in [0.3, 0.4) is 0 Å². The zero-order valence-electron chi connectivity index (χ0n) is 29.2. The lowest BCUT2D eigenvalue weighted by Gasteiger charge is -2.46. The Morgan fingerprint density at radius 3 is 2.71 bits per heavy atom. The second-order valence-corrected chi connectivity index (χ2v) is 15.0. The summed E-state index contributed by atoms with van der Waals surface area (Å²) >= 11 is 0. The summed E-state index contributed by atoms with van der Waals surface area (Å²) in [6.07, 6.45) is 6.40. The number of rotatable bonds is 8. The molecule has 1 aliphatic carbocycles. The number of piperidine rings is 1. The number of likely N-dealkylation sites (tertiary alicyclic amines) is 1. The van der Waals surface area contributed by atoms with Crippen molar-refractivity contribution in [2.75, 3.05) is 71.2 Å². The van der Waals surface area contributed by atoms with Crippen LogP contribution in [-0.2, 0) is 9.47 Å². The first-order valence-electron chi connectivity index (χ1n) is 18.0. The molecule has 0 amide bonds. The molecule has 0 spiro atoms. The number of methoxy groups -OCH3 is 1. The Morgan fingerprint density at radius 1 is 1.02 bits per heavy atom. The van der Waals surface area contributed by atoms with E-state index >= 15 is 8.78 Å². The molecule has 51 heavy (non-hydrogen) atoms. The van der Waals surface area contributed by atoms with Gasteiger partial charge in [-0.25, -0.2) is 13.8 Å². The molecule has 2 N–H and O–H groups in total. The zero-order valence-corrected chi connectivity index (χ0v) is 29.2. The summed E-state index contributed by atoms with van der Waals surface area (Å²) in [5.74, 6) is -0.763. The Labute approximate surface area is 295 Å². The van der Waals surface area contributed by atoms with Crippen molar-refractivity contribution >= 4 is 27.5 Å². The van der Waals surface area contributed by atoms with Crippen LogP contribution in [0.25, 0.3) is 32.9 Å². The molecule has 4 aromatic rings. The van der Waals surface area contributed by atoms with Gasteiger partial charge >= 0.3 is 6.01 Å². The van der Waals surface area contributed by atoms with Crippen LogP contribution in [0.4, 0.5) is 14.6 Å². The number of β-amino-alcohol motifs (C(OH)–C–C–N with tert-alkyl or cyclic N) is 1. The predicted octanol–water partition coefficient (Wildman–Crippen LogP) is 5.48. The van der Waals surface area contributed by atoms with Crippen molar-refractivity contribution in [3.05, 3.63) is 42.0 Å². The van der Waals surface area contributed by atoms with Gasteiger partial charge in [-0.05, 0) is 75.1 Å². The van der Waals surface area contributed by atoms with Crippen LogP contribution in [0.1, 0.15) is 45.4 Å². The Balaban J connectivity index is 1.24. The molecule has 13 heteroatoms. The van der Waals surface area contributed by atoms with E-state index in [-0.39, 0.29) is 69.6 Å². The standard InChI is InChI=1S/C38H45F2N5O6/c1-37(47)20-45(13-15-50-21-37)34-30-33(31(40)32(41-35(30)48-2)26-17-25(46)16-24-6-3-7-27(39)29(24)26)42-36(43-34)51-22-38-10-4-8-28(38)44(12-5-11-38)18-23-9-14-49-19-23/h3,6-7,16-17,23,28,46-47H,4-5,8-15,18-22H2,1-2H3. The van der Waals surface area contributed by atoms with Gasteiger partial charge in [-0.2, -0.15) is 9.97 Å². The molecule has 4 unspecified atom stereocenters. The molecule has 4 aliphatic rings. The van der Waals surface area contributed by atoms with Crippen LogP contribution in [0.5, 0.6) is 17.6 Å². The molecule has 3 saturated heterocycles. The minimum Gasteiger partial charge on any atom is -0.508 e. The maximum atomic E-state index is 17.1. The number of fused-ring (bicyclic) bond motifs is 3. The fourth-order valence-electron chi connectivity index (χ4n) is 8.96. The number of benzene rings is 2. The normalized spacial score (nSPS) is 27.2. The first kappa shape index (κ1) is 34.2. The average molecular weight is 706 g/mol. The van der Waals surface area contributed by atoms with Crippen LogP contribution in [0.2, 0.25) is 0 Å². The highest BCUT2D eigenvalue weighted by Gasteiger charge is 2.49. The molecule has 8 rings (SSSR count). The first-order valence-corrected chi connectivity index (χ1v) is 18.0. The third kappa shape index (κ3) is 6.42. The van der Waals surface area contributed by atoms with Gasteiger partial charge in [0.05, 0.1) is 40.1 Å². The number of aliphatic hydroxyl groups is 1. The lowest BCUT2D eigenvalue weighted by atomic mass is 9.75. The summed E-state index contributed by atoms with van der Waals surface area (Å²) < 4.78 is 56.1. The predicted molar refractivity (Wildman–Crippen MR) is 187 cm³/mol. The highest BCUT2D eigenvalue weighted by Crippen LogP contribution is 2.49. The number of halogens is 2. The van der Waals surface area contributed by atoms with E-state index in [1.54, 1.807) is 13.0 Å². The molecule has 3 aliphatic heterocycles. The van der Waals surface area contributed by atoms with Crippen molar-refractivity contribution in [1.29, 1.82) is 0 Å². The SMILES string of the molecule is COc1nc(-c2cc(O)cc3cccc(F)c23)c(F)c2nc(OCC34CCCC3N(CC3CCOC3)CCC4)nc(N3CCOCC(C)(O)C3)c12. The number of nitrogens with zero attached hydrogens (tertiary/aromatic N) is 5. The number of hydrogen-bond acceptors (Lipinski definition) is 11. The molecule has 0 bridgehead atoms. The highest BCUT2D eigenvalue weighted by atomic mass is 19.1. The van der Waals surface area contributed by atoms with E-state index in [1.807, 2.05) is 4.90 Å². The molecule has 4 fully saturated rings. The smallest absolute Gasteiger partial charge is 0.319 e. The van der Waals surface area contributed by atoms with E-state index in [4.69, 9.17) is 23.9 Å². The minimum absolute atomic E-state index is 0.00583. The van der Waals surface area contributed by atoms with E-state index in [0.29, 0.717) is 37.1 Å². The van der Waals surface area contributed by atoms with Crippen molar-refractivity contribution in [2.24, 2.45) is 11.3 Å². The molecule has 11 nitrogen and oxygen atoms in total. The van der Waals surface area contributed by atoms with Gasteiger partial charge in [0, 0.05) is 42.1 Å². The molecular weight excluding hydrogens is 660 g/mol. The minimum atomic E-state index is -1.22. The number of phenolic OH excluding ortho intramolecular Hbond substituents is 1. The van der Waals surface area contributed by atoms with Crippen molar-refractivity contribution in [3.63, 3.8) is 0 Å². The summed E-state index contributed by atoms with van der Waals surface area (Å²) in [6, 6.07) is 7.51. The van der Waals surface area contributed by atoms with Gasteiger partial charge in [-0.15, -0.1) is 0 Å². The van der Waals surface area contributed by atoms with Crippen molar-refractivity contribution in [2.45, 2.75) is 57.1 Å².